The van der Waals surface area contributed by atoms with Crippen LogP contribution in [-0.4, -0.2) is 85.1 Å². The first-order valence-electron chi connectivity index (χ1n) is 15.3. The van der Waals surface area contributed by atoms with E-state index in [1.165, 1.54) is 16.7 Å². The molecule has 4 aliphatic heterocycles. The zero-order valence-electron chi connectivity index (χ0n) is 24.4. The van der Waals surface area contributed by atoms with Crippen molar-refractivity contribution in [2.75, 3.05) is 74.3 Å². The van der Waals surface area contributed by atoms with E-state index in [9.17, 15) is 4.79 Å². The Balaban J connectivity index is 1.14. The van der Waals surface area contributed by atoms with E-state index in [1.54, 1.807) is 7.11 Å². The van der Waals surface area contributed by atoms with Gasteiger partial charge >= 0.3 is 0 Å². The van der Waals surface area contributed by atoms with Gasteiger partial charge in [-0.15, -0.1) is 0 Å². The summed E-state index contributed by atoms with van der Waals surface area (Å²) >= 11 is 0. The second kappa shape index (κ2) is 11.8. The number of piperazine rings is 1. The van der Waals surface area contributed by atoms with Crippen LogP contribution < -0.4 is 25.0 Å². The Bertz CT molecular complexity index is 1390. The van der Waals surface area contributed by atoms with Crippen molar-refractivity contribution in [1.29, 1.82) is 0 Å². The molecule has 2 fully saturated rings. The van der Waals surface area contributed by atoms with Gasteiger partial charge in [-0.2, -0.15) is 9.97 Å². The van der Waals surface area contributed by atoms with Gasteiger partial charge < -0.3 is 19.4 Å². The maximum absolute atomic E-state index is 12.7. The van der Waals surface area contributed by atoms with Gasteiger partial charge in [-0.3, -0.25) is 14.7 Å². The summed E-state index contributed by atoms with van der Waals surface area (Å²) in [6, 6.07) is 19.1. The van der Waals surface area contributed by atoms with Gasteiger partial charge in [0.25, 0.3) is 0 Å². The predicted octanol–water partition coefficient (Wildman–Crippen LogP) is 3.21. The Morgan fingerprint density at radius 2 is 1.57 bits per heavy atom. The summed E-state index contributed by atoms with van der Waals surface area (Å²) in [6.45, 7) is 8.04. The Morgan fingerprint density at radius 1 is 0.857 bits per heavy atom. The molecule has 1 atom stereocenters. The summed E-state index contributed by atoms with van der Waals surface area (Å²) < 4.78 is 5.37. The first-order chi connectivity index (χ1) is 20.6. The number of benzene rings is 2. The predicted molar refractivity (Wildman–Crippen MR) is 164 cm³/mol. The highest BCUT2D eigenvalue weighted by Gasteiger charge is 2.39. The number of nitrogens with one attached hydrogen (secondary N) is 1. The molecule has 1 amide bonds. The molecule has 7 rings (SSSR count). The number of likely N-dealkylation sites (tertiary alicyclic amines) is 1. The Labute approximate surface area is 247 Å². The first-order valence-corrected chi connectivity index (χ1v) is 15.3. The molecule has 2 saturated heterocycles. The van der Waals surface area contributed by atoms with Crippen LogP contribution in [-0.2, 0) is 17.9 Å². The van der Waals surface area contributed by atoms with Crippen molar-refractivity contribution in [3.05, 3.63) is 71.3 Å². The molecule has 0 spiro atoms. The number of hydrazine groups is 1. The smallest absolute Gasteiger partial charge is 0.236 e. The van der Waals surface area contributed by atoms with E-state index >= 15 is 0 Å². The highest BCUT2D eigenvalue weighted by atomic mass is 16.5. The zero-order chi connectivity index (χ0) is 28.5. The van der Waals surface area contributed by atoms with Crippen LogP contribution in [0, 0.1) is 0 Å². The molecule has 1 aromatic heterocycles. The molecule has 220 valence electrons. The summed E-state index contributed by atoms with van der Waals surface area (Å²) in [7, 11) is 1.70. The number of carbonyl (C=O) groups is 1. The lowest BCUT2D eigenvalue weighted by Gasteiger charge is -2.36. The van der Waals surface area contributed by atoms with E-state index in [4.69, 9.17) is 14.7 Å². The first kappa shape index (κ1) is 27.0. The lowest BCUT2D eigenvalue weighted by Crippen LogP contribution is -2.50. The molecule has 4 aliphatic rings. The Hall–Kier alpha value is -3.89. The fraction of sp³-hybridized carbons (Fsp3) is 0.469. The molecule has 0 aliphatic carbocycles. The van der Waals surface area contributed by atoms with E-state index in [1.807, 2.05) is 17.0 Å². The number of methoxy groups -OCH3 is 1. The highest BCUT2D eigenvalue weighted by molar-refractivity contribution is 5.78. The molecule has 10 nitrogen and oxygen atoms in total. The van der Waals surface area contributed by atoms with Crippen LogP contribution in [0.15, 0.2) is 54.6 Å². The van der Waals surface area contributed by atoms with Gasteiger partial charge in [-0.05, 0) is 42.5 Å². The van der Waals surface area contributed by atoms with E-state index in [-0.39, 0.29) is 11.9 Å². The van der Waals surface area contributed by atoms with Gasteiger partial charge in [0.05, 0.1) is 31.8 Å². The van der Waals surface area contributed by atoms with Gasteiger partial charge in [-0.1, -0.05) is 42.5 Å². The number of hydrogen-bond acceptors (Lipinski definition) is 9. The maximum Gasteiger partial charge on any atom is 0.236 e. The van der Waals surface area contributed by atoms with Gasteiger partial charge in [0, 0.05) is 52.4 Å². The van der Waals surface area contributed by atoms with Crippen molar-refractivity contribution in [3.63, 3.8) is 0 Å². The fourth-order valence-corrected chi connectivity index (χ4v) is 6.60. The fourth-order valence-electron chi connectivity index (χ4n) is 6.60. The van der Waals surface area contributed by atoms with E-state index < -0.39 is 0 Å². The third kappa shape index (κ3) is 5.48. The second-order valence-electron chi connectivity index (χ2n) is 11.7. The largest absolute Gasteiger partial charge is 0.497 e. The van der Waals surface area contributed by atoms with Crippen molar-refractivity contribution < 1.29 is 9.53 Å². The molecule has 2 aromatic carbocycles. The van der Waals surface area contributed by atoms with Crippen molar-refractivity contribution in [2.24, 2.45) is 0 Å². The van der Waals surface area contributed by atoms with E-state index in [2.05, 4.69) is 67.6 Å². The van der Waals surface area contributed by atoms with Crippen molar-refractivity contribution in [3.8, 4) is 5.75 Å². The average molecular weight is 569 g/mol. The van der Waals surface area contributed by atoms with Gasteiger partial charge in [-0.25, -0.2) is 5.43 Å². The van der Waals surface area contributed by atoms with Crippen LogP contribution in [0.5, 0.6) is 5.75 Å². The molecule has 1 N–H and O–H groups in total. The maximum atomic E-state index is 12.7. The normalized spacial score (nSPS) is 20.3. The van der Waals surface area contributed by atoms with Crippen LogP contribution >= 0.6 is 0 Å². The average Bonchev–Trinajstić information content (AvgIpc) is 3.69. The third-order valence-electron chi connectivity index (χ3n) is 8.99. The van der Waals surface area contributed by atoms with Crippen LogP contribution in [0.2, 0.25) is 0 Å². The minimum atomic E-state index is 0.202. The van der Waals surface area contributed by atoms with Gasteiger partial charge in [0.1, 0.15) is 11.6 Å². The van der Waals surface area contributed by atoms with Crippen molar-refractivity contribution in [2.45, 2.75) is 38.4 Å². The molecule has 1 unspecified atom stereocenters. The van der Waals surface area contributed by atoms with Gasteiger partial charge in [0.2, 0.25) is 11.9 Å². The van der Waals surface area contributed by atoms with E-state index in [0.29, 0.717) is 6.54 Å². The minimum Gasteiger partial charge on any atom is -0.497 e. The van der Waals surface area contributed by atoms with E-state index in [0.717, 1.165) is 101 Å². The quantitative estimate of drug-likeness (QED) is 0.441. The number of nitrogens with zero attached hydrogens (tertiary/aromatic N) is 7. The second-order valence-corrected chi connectivity index (χ2v) is 11.7. The Morgan fingerprint density at radius 3 is 2.31 bits per heavy atom. The van der Waals surface area contributed by atoms with Gasteiger partial charge in [0.15, 0.2) is 5.82 Å². The third-order valence-corrected chi connectivity index (χ3v) is 8.99. The topological polar surface area (TPSA) is 80.3 Å². The summed E-state index contributed by atoms with van der Waals surface area (Å²) in [5.41, 5.74) is 7.42. The van der Waals surface area contributed by atoms with Crippen LogP contribution in [0.3, 0.4) is 0 Å². The molecule has 0 saturated carbocycles. The molecule has 42 heavy (non-hydrogen) atoms. The Kier molecular flexibility index (Phi) is 7.56. The summed E-state index contributed by atoms with van der Waals surface area (Å²) in [4.78, 5) is 32.2. The highest BCUT2D eigenvalue weighted by Crippen LogP contribution is 2.44. The standard InChI is InChI=1S/C32H40N8O2/c1-42-26-11-9-25(10-12-26)21-39-16-13-27-29-30(39)33-32(34-31(29)40(35-27)22-24-7-3-2-4-8-24)38-19-17-36(18-20-38)23-28(41)37-14-5-6-15-37/h2-4,7-12,27,35H,5-6,13-23H2,1H3. The number of carbonyl (C=O) groups excluding carboxylic acids is 1. The molecule has 3 aromatic rings. The monoisotopic (exact) mass is 568 g/mol. The molecule has 0 radical (unpaired) electrons. The SMILES string of the molecule is COc1ccc(CN2CCC3NN(Cc4ccccc4)c4nc(N5CCN(CC(=O)N6CCCC6)CC5)nc2c43)cc1. The molecular formula is C32H40N8O2. The lowest BCUT2D eigenvalue weighted by atomic mass is 10.0. The van der Waals surface area contributed by atoms with Crippen LogP contribution in [0.25, 0.3) is 0 Å². The van der Waals surface area contributed by atoms with Crippen molar-refractivity contribution >= 4 is 23.5 Å². The summed E-state index contributed by atoms with van der Waals surface area (Å²) in [5.74, 6) is 3.91. The summed E-state index contributed by atoms with van der Waals surface area (Å²) in [5, 5.41) is 2.21. The van der Waals surface area contributed by atoms with Crippen molar-refractivity contribution in [1.82, 2.24) is 25.2 Å². The number of amides is 1. The number of hydrogen-bond donors (Lipinski definition) is 1. The molecule has 0 bridgehead atoms. The minimum absolute atomic E-state index is 0.202. The van der Waals surface area contributed by atoms with Crippen LogP contribution in [0.4, 0.5) is 17.6 Å². The van der Waals surface area contributed by atoms with Crippen LogP contribution in [0.1, 0.15) is 42.0 Å². The summed E-state index contributed by atoms with van der Waals surface area (Å²) in [6.07, 6.45) is 3.25. The molecule has 10 heteroatoms. The molecule has 5 heterocycles. The number of ether oxygens (including phenoxy) is 1. The number of rotatable bonds is 8. The lowest BCUT2D eigenvalue weighted by molar-refractivity contribution is -0.131. The zero-order valence-corrected chi connectivity index (χ0v) is 24.4. The molecular weight excluding hydrogens is 528 g/mol. The number of anilines is 3. The number of aromatic nitrogens is 2.